The molecule has 0 saturated heterocycles. The number of nitrogens with one attached hydrogen (secondary N) is 2. The molecule has 2 rings (SSSR count). The van der Waals surface area contributed by atoms with E-state index in [1.807, 2.05) is 0 Å². The lowest BCUT2D eigenvalue weighted by Crippen LogP contribution is -2.52. The summed E-state index contributed by atoms with van der Waals surface area (Å²) in [6, 6.07) is -2.65. The maximum atomic E-state index is 12.3. The Morgan fingerprint density at radius 3 is 2.52 bits per heavy atom. The molecule has 6 N–H and O–H groups in total. The van der Waals surface area contributed by atoms with Crippen LogP contribution in [0.25, 0.3) is 0 Å². The first-order chi connectivity index (χ1) is 11.9. The van der Waals surface area contributed by atoms with Crippen LogP contribution in [0.2, 0.25) is 0 Å². The molecule has 0 bridgehead atoms. The third kappa shape index (κ3) is 5.13. The molecule has 1 heterocycles. The van der Waals surface area contributed by atoms with Gasteiger partial charge in [0, 0.05) is 0 Å². The Kier molecular flexibility index (Phi) is 6.71. The number of carboxylic acids is 1. The lowest BCUT2D eigenvalue weighted by Gasteiger charge is -2.29. The van der Waals surface area contributed by atoms with Crippen molar-refractivity contribution in [1.29, 1.82) is 0 Å². The van der Waals surface area contributed by atoms with Crippen LogP contribution in [-0.2, 0) is 11.3 Å². The number of carboxylic acid groups (broad SMARTS) is 1. The van der Waals surface area contributed by atoms with Gasteiger partial charge >= 0.3 is 12.0 Å². The molecule has 0 radical (unpaired) electrons. The van der Waals surface area contributed by atoms with E-state index in [0.717, 1.165) is 32.1 Å². The van der Waals surface area contributed by atoms with Gasteiger partial charge < -0.3 is 31.1 Å². The number of aliphatic carboxylic acids is 1. The highest BCUT2D eigenvalue weighted by molar-refractivity contribution is 5.83. The second kappa shape index (κ2) is 8.77. The smallest absolute Gasteiger partial charge is 0.328 e. The summed E-state index contributed by atoms with van der Waals surface area (Å²) in [4.78, 5) is 27.6. The summed E-state index contributed by atoms with van der Waals surface area (Å²) in [6.07, 6.45) is 3.76. The van der Waals surface area contributed by atoms with Crippen molar-refractivity contribution in [3.8, 4) is 0 Å². The van der Waals surface area contributed by atoms with Crippen LogP contribution in [0.1, 0.15) is 56.8 Å². The van der Waals surface area contributed by atoms with E-state index in [-0.39, 0.29) is 18.4 Å². The Hall–Kier alpha value is -2.20. The number of rotatable bonds is 7. The summed E-state index contributed by atoms with van der Waals surface area (Å²) >= 11 is 0. The zero-order valence-corrected chi connectivity index (χ0v) is 14.1. The summed E-state index contributed by atoms with van der Waals surface area (Å²) < 4.78 is 5.22. The number of amides is 2. The number of nitrogens with zero attached hydrogens (tertiary/aromatic N) is 2. The van der Waals surface area contributed by atoms with Gasteiger partial charge in [-0.15, -0.1) is 0 Å². The fourth-order valence-corrected chi connectivity index (χ4v) is 3.04. The number of urea groups is 1. The van der Waals surface area contributed by atoms with Crippen LogP contribution in [0.15, 0.2) is 4.52 Å². The zero-order valence-electron chi connectivity index (χ0n) is 14.1. The van der Waals surface area contributed by atoms with Crippen molar-refractivity contribution in [2.45, 2.75) is 63.8 Å². The van der Waals surface area contributed by atoms with E-state index in [2.05, 4.69) is 20.8 Å². The molecule has 2 amide bonds. The monoisotopic (exact) mass is 355 g/mol. The van der Waals surface area contributed by atoms with Crippen LogP contribution < -0.4 is 16.4 Å². The summed E-state index contributed by atoms with van der Waals surface area (Å²) in [5, 5.41) is 27.3. The maximum Gasteiger partial charge on any atom is 0.328 e. The molecule has 1 aliphatic carbocycles. The van der Waals surface area contributed by atoms with Gasteiger partial charge in [-0.25, -0.2) is 9.59 Å². The fraction of sp³-hybridized carbons (Fsp3) is 0.733. The first-order valence-electron chi connectivity index (χ1n) is 8.42. The topological polar surface area (TPSA) is 164 Å². The Bertz CT molecular complexity index is 585. The number of carbonyl (C=O) groups is 2. The van der Waals surface area contributed by atoms with E-state index in [0.29, 0.717) is 5.82 Å². The van der Waals surface area contributed by atoms with Crippen LogP contribution in [0.3, 0.4) is 0 Å². The summed E-state index contributed by atoms with van der Waals surface area (Å²) in [5.74, 6) is -0.611. The van der Waals surface area contributed by atoms with Crippen molar-refractivity contribution in [2.24, 2.45) is 11.7 Å². The standard InChI is InChI=1S/C15H25N5O5/c1-8(21)11(14(22)23)18-15(24)19-12(9-5-3-2-4-6-9)13-17-10(7-16)20-25-13/h8-9,11-12,21H,2-7,16H2,1H3,(H,22,23)(H2,18,19,24). The molecule has 3 atom stereocenters. The number of aromatic nitrogens is 2. The number of hydrogen-bond acceptors (Lipinski definition) is 7. The molecular weight excluding hydrogens is 330 g/mol. The van der Waals surface area contributed by atoms with E-state index >= 15 is 0 Å². The van der Waals surface area contributed by atoms with Gasteiger partial charge in [0.05, 0.1) is 12.6 Å². The second-order valence-electron chi connectivity index (χ2n) is 6.30. The van der Waals surface area contributed by atoms with Crippen LogP contribution in [0.5, 0.6) is 0 Å². The molecule has 1 fully saturated rings. The van der Waals surface area contributed by atoms with Crippen LogP contribution in [0.4, 0.5) is 4.79 Å². The third-order valence-corrected chi connectivity index (χ3v) is 4.38. The summed E-state index contributed by atoms with van der Waals surface area (Å²) in [5.41, 5.74) is 5.50. The minimum atomic E-state index is -1.41. The minimum absolute atomic E-state index is 0.111. The van der Waals surface area contributed by atoms with Crippen LogP contribution in [-0.4, -0.2) is 44.5 Å². The lowest BCUT2D eigenvalue weighted by atomic mass is 9.84. The molecule has 1 aromatic rings. The maximum absolute atomic E-state index is 12.3. The Balaban J connectivity index is 2.11. The van der Waals surface area contributed by atoms with E-state index in [1.54, 1.807) is 0 Å². The first kappa shape index (κ1) is 19.1. The highest BCUT2D eigenvalue weighted by atomic mass is 16.5. The van der Waals surface area contributed by atoms with Gasteiger partial charge in [-0.2, -0.15) is 4.98 Å². The molecule has 140 valence electrons. The molecule has 1 aliphatic rings. The fourth-order valence-electron chi connectivity index (χ4n) is 3.04. The predicted octanol–water partition coefficient (Wildman–Crippen LogP) is 0.283. The van der Waals surface area contributed by atoms with Crippen molar-refractivity contribution in [3.63, 3.8) is 0 Å². The second-order valence-corrected chi connectivity index (χ2v) is 6.30. The predicted molar refractivity (Wildman–Crippen MR) is 86.3 cm³/mol. The van der Waals surface area contributed by atoms with Crippen LogP contribution >= 0.6 is 0 Å². The lowest BCUT2D eigenvalue weighted by molar-refractivity contribution is -0.141. The molecule has 10 heteroatoms. The Morgan fingerprint density at radius 2 is 2.00 bits per heavy atom. The highest BCUT2D eigenvalue weighted by Crippen LogP contribution is 2.33. The number of hydrogen-bond donors (Lipinski definition) is 5. The molecule has 10 nitrogen and oxygen atoms in total. The van der Waals surface area contributed by atoms with E-state index in [1.165, 1.54) is 6.92 Å². The molecule has 0 aliphatic heterocycles. The average molecular weight is 355 g/mol. The van der Waals surface area contributed by atoms with Crippen molar-refractivity contribution >= 4 is 12.0 Å². The van der Waals surface area contributed by atoms with E-state index in [9.17, 15) is 14.7 Å². The molecular formula is C15H25N5O5. The van der Waals surface area contributed by atoms with Gasteiger partial charge in [-0.05, 0) is 25.7 Å². The van der Waals surface area contributed by atoms with Gasteiger partial charge in [0.25, 0.3) is 0 Å². The molecule has 0 aromatic carbocycles. The molecule has 3 unspecified atom stereocenters. The SMILES string of the molecule is CC(O)C(NC(=O)NC(c1nc(CN)no1)C1CCCCC1)C(=O)O. The van der Waals surface area contributed by atoms with Crippen molar-refractivity contribution < 1.29 is 24.3 Å². The third-order valence-electron chi connectivity index (χ3n) is 4.38. The Labute approximate surface area is 145 Å². The summed E-state index contributed by atoms with van der Waals surface area (Å²) in [7, 11) is 0. The average Bonchev–Trinajstić information content (AvgIpc) is 3.06. The number of aliphatic hydroxyl groups is 1. The number of aliphatic hydroxyl groups excluding tert-OH is 1. The number of carbonyl (C=O) groups excluding carboxylic acids is 1. The molecule has 25 heavy (non-hydrogen) atoms. The van der Waals surface area contributed by atoms with Gasteiger partial charge in [-0.3, -0.25) is 0 Å². The zero-order chi connectivity index (χ0) is 18.4. The van der Waals surface area contributed by atoms with E-state index < -0.39 is 30.2 Å². The van der Waals surface area contributed by atoms with E-state index in [4.69, 9.17) is 15.4 Å². The minimum Gasteiger partial charge on any atom is -0.480 e. The summed E-state index contributed by atoms with van der Waals surface area (Å²) in [6.45, 7) is 1.42. The quantitative estimate of drug-likeness (QED) is 0.465. The van der Waals surface area contributed by atoms with Crippen LogP contribution in [0, 0.1) is 5.92 Å². The molecule has 1 aromatic heterocycles. The van der Waals surface area contributed by atoms with Gasteiger partial charge in [0.1, 0.15) is 6.04 Å². The highest BCUT2D eigenvalue weighted by Gasteiger charge is 2.32. The molecule has 0 spiro atoms. The van der Waals surface area contributed by atoms with Crippen molar-refractivity contribution in [2.75, 3.05) is 0 Å². The number of nitrogens with two attached hydrogens (primary N) is 1. The Morgan fingerprint density at radius 1 is 1.32 bits per heavy atom. The van der Waals surface area contributed by atoms with Gasteiger partial charge in [0.15, 0.2) is 11.9 Å². The van der Waals surface area contributed by atoms with Crippen molar-refractivity contribution in [3.05, 3.63) is 11.7 Å². The first-order valence-corrected chi connectivity index (χ1v) is 8.42. The van der Waals surface area contributed by atoms with Crippen molar-refractivity contribution in [1.82, 2.24) is 20.8 Å². The molecule has 1 saturated carbocycles. The van der Waals surface area contributed by atoms with Gasteiger partial charge in [-0.1, -0.05) is 24.4 Å². The largest absolute Gasteiger partial charge is 0.480 e. The normalized spacial score (nSPS) is 19.0. The van der Waals surface area contributed by atoms with Gasteiger partial charge in [0.2, 0.25) is 5.89 Å².